The summed E-state index contributed by atoms with van der Waals surface area (Å²) < 4.78 is 5.61. The first-order valence-corrected chi connectivity index (χ1v) is 5.64. The van der Waals surface area contributed by atoms with Crippen LogP contribution in [-0.4, -0.2) is 13.7 Å². The van der Waals surface area contributed by atoms with Crippen molar-refractivity contribution in [3.8, 4) is 5.75 Å². The molecule has 0 atom stereocenters. The molecule has 0 bridgehead atoms. The highest BCUT2D eigenvalue weighted by Crippen LogP contribution is 2.14. The summed E-state index contributed by atoms with van der Waals surface area (Å²) in [6, 6.07) is 8.18. The molecule has 2 heteroatoms. The van der Waals surface area contributed by atoms with Crippen LogP contribution in [0.15, 0.2) is 24.3 Å². The van der Waals surface area contributed by atoms with Crippen LogP contribution in [0.25, 0.3) is 5.32 Å². The summed E-state index contributed by atoms with van der Waals surface area (Å²) in [6.45, 7) is 3.81. The SMILES string of the molecule is CCCCCOc1ccc(C[N-]C)cc1. The molecule has 2 nitrogen and oxygen atoms in total. The number of ether oxygens (including phenoxy) is 1. The highest BCUT2D eigenvalue weighted by Gasteiger charge is 1.92. The maximum absolute atomic E-state index is 5.61. The number of benzene rings is 1. The third kappa shape index (κ3) is 4.84. The van der Waals surface area contributed by atoms with Gasteiger partial charge in [0, 0.05) is 0 Å². The lowest BCUT2D eigenvalue weighted by molar-refractivity contribution is 0.306. The van der Waals surface area contributed by atoms with Crippen molar-refractivity contribution in [2.45, 2.75) is 32.7 Å². The lowest BCUT2D eigenvalue weighted by Crippen LogP contribution is -1.96. The van der Waals surface area contributed by atoms with Crippen molar-refractivity contribution < 1.29 is 4.74 Å². The minimum absolute atomic E-state index is 0.788. The first-order valence-electron chi connectivity index (χ1n) is 5.64. The Morgan fingerprint density at radius 1 is 1.13 bits per heavy atom. The minimum Gasteiger partial charge on any atom is -0.661 e. The van der Waals surface area contributed by atoms with Crippen LogP contribution in [0.5, 0.6) is 5.75 Å². The predicted octanol–water partition coefficient (Wildman–Crippen LogP) is 3.76. The Morgan fingerprint density at radius 2 is 1.87 bits per heavy atom. The van der Waals surface area contributed by atoms with E-state index in [2.05, 4.69) is 24.4 Å². The molecule has 1 aromatic rings. The van der Waals surface area contributed by atoms with E-state index in [0.717, 1.165) is 25.3 Å². The Morgan fingerprint density at radius 3 is 2.47 bits per heavy atom. The van der Waals surface area contributed by atoms with E-state index in [4.69, 9.17) is 4.74 Å². The van der Waals surface area contributed by atoms with Gasteiger partial charge in [-0.05, 0) is 18.6 Å². The Bertz CT molecular complexity index is 256. The maximum atomic E-state index is 5.61. The fourth-order valence-electron chi connectivity index (χ4n) is 1.42. The number of rotatable bonds is 7. The van der Waals surface area contributed by atoms with Crippen molar-refractivity contribution in [2.75, 3.05) is 13.7 Å². The topological polar surface area (TPSA) is 23.3 Å². The van der Waals surface area contributed by atoms with Crippen LogP contribution in [-0.2, 0) is 6.54 Å². The zero-order valence-electron chi connectivity index (χ0n) is 9.70. The van der Waals surface area contributed by atoms with Crippen LogP contribution < -0.4 is 4.74 Å². The molecule has 0 fully saturated rings. The fourth-order valence-corrected chi connectivity index (χ4v) is 1.42. The molecule has 0 heterocycles. The van der Waals surface area contributed by atoms with Gasteiger partial charge in [-0.25, -0.2) is 0 Å². The van der Waals surface area contributed by atoms with Crippen LogP contribution >= 0.6 is 0 Å². The molecule has 0 aliphatic rings. The Hall–Kier alpha value is -1.02. The highest BCUT2D eigenvalue weighted by atomic mass is 16.5. The molecule has 0 radical (unpaired) electrons. The van der Waals surface area contributed by atoms with Crippen LogP contribution in [0.1, 0.15) is 31.7 Å². The summed E-state index contributed by atoms with van der Waals surface area (Å²) in [7, 11) is 1.83. The van der Waals surface area contributed by atoms with E-state index in [-0.39, 0.29) is 0 Å². The highest BCUT2D eigenvalue weighted by molar-refractivity contribution is 5.28. The van der Waals surface area contributed by atoms with E-state index in [1.807, 2.05) is 19.2 Å². The quantitative estimate of drug-likeness (QED) is 0.623. The van der Waals surface area contributed by atoms with Gasteiger partial charge < -0.3 is 10.1 Å². The first kappa shape index (κ1) is 12.1. The third-order valence-electron chi connectivity index (χ3n) is 2.28. The second-order valence-electron chi connectivity index (χ2n) is 3.67. The smallest absolute Gasteiger partial charge is 0.119 e. The van der Waals surface area contributed by atoms with Gasteiger partial charge in [0.1, 0.15) is 5.75 Å². The Labute approximate surface area is 92.6 Å². The molecule has 0 saturated carbocycles. The summed E-state index contributed by atoms with van der Waals surface area (Å²) >= 11 is 0. The zero-order valence-corrected chi connectivity index (χ0v) is 9.70. The van der Waals surface area contributed by atoms with Gasteiger partial charge in [0.05, 0.1) is 6.61 Å². The van der Waals surface area contributed by atoms with Crippen LogP contribution in [0, 0.1) is 0 Å². The second kappa shape index (κ2) is 7.30. The maximum Gasteiger partial charge on any atom is 0.119 e. The summed E-state index contributed by atoms with van der Waals surface area (Å²) in [5.41, 5.74) is 1.23. The fraction of sp³-hybridized carbons (Fsp3) is 0.538. The Balaban J connectivity index is 2.29. The van der Waals surface area contributed by atoms with Crippen LogP contribution in [0.4, 0.5) is 0 Å². The average Bonchev–Trinajstić information content (AvgIpc) is 2.27. The summed E-state index contributed by atoms with van der Waals surface area (Å²) in [5.74, 6) is 0.964. The molecule has 0 aliphatic carbocycles. The molecule has 1 aromatic carbocycles. The van der Waals surface area contributed by atoms with E-state index in [0.29, 0.717) is 0 Å². The van der Waals surface area contributed by atoms with E-state index < -0.39 is 0 Å². The van der Waals surface area contributed by atoms with E-state index in [1.165, 1.54) is 18.4 Å². The van der Waals surface area contributed by atoms with Gasteiger partial charge >= 0.3 is 0 Å². The van der Waals surface area contributed by atoms with Crippen molar-refractivity contribution in [3.05, 3.63) is 35.1 Å². The monoisotopic (exact) mass is 206 g/mol. The molecule has 1 rings (SSSR count). The number of nitrogens with zero attached hydrogens (tertiary/aromatic N) is 1. The molecule has 0 N–H and O–H groups in total. The van der Waals surface area contributed by atoms with Gasteiger partial charge in [-0.3, -0.25) is 0 Å². The lowest BCUT2D eigenvalue weighted by atomic mass is 10.2. The molecular formula is C13H20NO-. The van der Waals surface area contributed by atoms with Crippen molar-refractivity contribution in [1.29, 1.82) is 0 Å². The first-order chi connectivity index (χ1) is 7.36. The molecule has 84 valence electrons. The average molecular weight is 206 g/mol. The van der Waals surface area contributed by atoms with Gasteiger partial charge in [-0.2, -0.15) is 7.05 Å². The summed E-state index contributed by atoms with van der Waals surface area (Å²) in [4.78, 5) is 0. The van der Waals surface area contributed by atoms with E-state index >= 15 is 0 Å². The standard InChI is InChI=1S/C13H20NO/c1-3-4-5-10-15-13-8-6-12(7-9-13)11-14-2/h6-9H,3-5,10-11H2,1-2H3/q-1. The van der Waals surface area contributed by atoms with Crippen LogP contribution in [0.3, 0.4) is 0 Å². The zero-order chi connectivity index (χ0) is 10.9. The number of hydrogen-bond acceptors (Lipinski definition) is 1. The molecule has 0 saturated heterocycles. The van der Waals surface area contributed by atoms with E-state index in [1.54, 1.807) is 0 Å². The molecule has 0 amide bonds. The summed E-state index contributed by atoms with van der Waals surface area (Å²) in [6.07, 6.45) is 3.62. The molecule has 0 aliphatic heterocycles. The van der Waals surface area contributed by atoms with Crippen LogP contribution in [0.2, 0.25) is 0 Å². The largest absolute Gasteiger partial charge is 0.661 e. The van der Waals surface area contributed by atoms with Crippen molar-refractivity contribution in [3.63, 3.8) is 0 Å². The predicted molar refractivity (Wildman–Crippen MR) is 64.4 cm³/mol. The molecule has 15 heavy (non-hydrogen) atoms. The molecule has 0 aromatic heterocycles. The van der Waals surface area contributed by atoms with Crippen molar-refractivity contribution in [1.82, 2.24) is 0 Å². The summed E-state index contributed by atoms with van der Waals surface area (Å²) in [5, 5.41) is 4.08. The minimum atomic E-state index is 0.788. The van der Waals surface area contributed by atoms with Gasteiger partial charge in [0.15, 0.2) is 0 Å². The number of hydrogen-bond donors (Lipinski definition) is 0. The lowest BCUT2D eigenvalue weighted by Gasteiger charge is -2.11. The second-order valence-corrected chi connectivity index (χ2v) is 3.67. The third-order valence-corrected chi connectivity index (χ3v) is 2.28. The molecule has 0 unspecified atom stereocenters. The van der Waals surface area contributed by atoms with Gasteiger partial charge in [0.25, 0.3) is 0 Å². The van der Waals surface area contributed by atoms with E-state index in [9.17, 15) is 0 Å². The normalized spacial score (nSPS) is 10.3. The number of unbranched alkanes of at least 4 members (excludes halogenated alkanes) is 2. The van der Waals surface area contributed by atoms with Gasteiger partial charge in [-0.1, -0.05) is 37.5 Å². The van der Waals surface area contributed by atoms with Crippen molar-refractivity contribution >= 4 is 0 Å². The molecular weight excluding hydrogens is 186 g/mol. The Kier molecular flexibility index (Phi) is 5.86. The van der Waals surface area contributed by atoms with Crippen molar-refractivity contribution in [2.24, 2.45) is 0 Å². The molecule has 0 spiro atoms. The van der Waals surface area contributed by atoms with Gasteiger partial charge in [0.2, 0.25) is 0 Å². The van der Waals surface area contributed by atoms with Gasteiger partial charge in [-0.15, -0.1) is 6.54 Å².